The molecule has 0 spiro atoms. The van der Waals surface area contributed by atoms with Gasteiger partial charge in [0.15, 0.2) is 22.8 Å². The molecule has 230 valence electrons. The zero-order chi connectivity index (χ0) is 31.2. The summed E-state index contributed by atoms with van der Waals surface area (Å²) >= 11 is 0. The van der Waals surface area contributed by atoms with E-state index in [9.17, 15) is 14.4 Å². The highest BCUT2D eigenvalue weighted by atomic mass is 16.5. The zero-order valence-electron chi connectivity index (χ0n) is 23.5. The lowest BCUT2D eigenvalue weighted by Gasteiger charge is -2.21. The highest BCUT2D eigenvalue weighted by molar-refractivity contribution is 5.97. The number of rotatable bonds is 4. The molecule has 5 heterocycles. The van der Waals surface area contributed by atoms with Crippen molar-refractivity contribution >= 4 is 23.4 Å². The molecule has 0 radical (unpaired) electrons. The maximum atomic E-state index is 13.0. The fourth-order valence-corrected chi connectivity index (χ4v) is 3.92. The van der Waals surface area contributed by atoms with E-state index in [-0.39, 0.29) is 64.3 Å². The molecule has 5 rings (SSSR count). The van der Waals surface area contributed by atoms with Crippen molar-refractivity contribution in [2.24, 2.45) is 11.5 Å². The highest BCUT2D eigenvalue weighted by Gasteiger charge is 2.26. The number of hydrogen-bond acceptors (Lipinski definition) is 14. The van der Waals surface area contributed by atoms with Crippen molar-refractivity contribution in [1.29, 1.82) is 0 Å². The van der Waals surface area contributed by atoms with Crippen LogP contribution in [0.4, 0.5) is 0 Å². The number of fused-ring (bicyclic) bond motifs is 11. The molecule has 7 N–H and O–H groups in total. The van der Waals surface area contributed by atoms with Gasteiger partial charge in [0, 0.05) is 0 Å². The number of hydrogen-bond donors (Lipinski definition) is 5. The van der Waals surface area contributed by atoms with Crippen LogP contribution in [0, 0.1) is 0 Å². The third kappa shape index (κ3) is 6.84. The molecule has 4 aromatic heterocycles. The van der Waals surface area contributed by atoms with Crippen LogP contribution in [0.25, 0.3) is 40.5 Å². The van der Waals surface area contributed by atoms with Crippen molar-refractivity contribution in [1.82, 2.24) is 35.9 Å². The Bertz CT molecular complexity index is 1700. The van der Waals surface area contributed by atoms with E-state index in [1.54, 1.807) is 0 Å². The van der Waals surface area contributed by atoms with E-state index in [2.05, 4.69) is 42.5 Å². The Kier molecular flexibility index (Phi) is 8.85. The fourth-order valence-electron chi connectivity index (χ4n) is 3.92. The van der Waals surface area contributed by atoms with Crippen LogP contribution in [-0.2, 0) is 14.3 Å². The molecular weight excluding hydrogens is 578 g/mol. The number of nitrogens with zero attached hydrogens (tertiary/aromatic N) is 4. The molecule has 17 nitrogen and oxygen atoms in total. The molecular formula is C27H29N9O8. The second-order valence-electron chi connectivity index (χ2n) is 9.64. The van der Waals surface area contributed by atoms with Crippen LogP contribution in [0.1, 0.15) is 42.6 Å². The molecule has 0 fully saturated rings. The molecule has 8 bridgehead atoms. The number of ether oxygens (including phenoxy) is 1. The van der Waals surface area contributed by atoms with Gasteiger partial charge in [0.25, 0.3) is 5.91 Å². The number of nitrogens with two attached hydrogens (primary N) is 2. The van der Waals surface area contributed by atoms with Gasteiger partial charge in [-0.15, -0.1) is 0 Å². The Hall–Kier alpha value is -5.71. The summed E-state index contributed by atoms with van der Waals surface area (Å²) in [7, 11) is 0. The second-order valence-corrected chi connectivity index (χ2v) is 9.64. The summed E-state index contributed by atoms with van der Waals surface area (Å²) in [5, 5.41) is 7.87. The molecule has 0 aromatic carbocycles. The number of nitrogens with one attached hydrogen (secondary N) is 3. The summed E-state index contributed by atoms with van der Waals surface area (Å²) in [5.74, 6) is -1.46. The quantitative estimate of drug-likeness (QED) is 0.205. The number of oxazole rings is 4. The largest absolute Gasteiger partial charge is 0.466 e. The first-order chi connectivity index (χ1) is 21.2. The van der Waals surface area contributed by atoms with Crippen molar-refractivity contribution < 1.29 is 36.8 Å². The van der Waals surface area contributed by atoms with E-state index < -0.39 is 29.8 Å². The summed E-state index contributed by atoms with van der Waals surface area (Å²) in [6.07, 6.45) is 7.64. The van der Waals surface area contributed by atoms with Crippen LogP contribution in [0.5, 0.6) is 0 Å². The van der Waals surface area contributed by atoms with Gasteiger partial charge in [-0.2, -0.15) is 0 Å². The molecule has 1 aliphatic heterocycles. The minimum Gasteiger partial charge on any atom is -0.466 e. The monoisotopic (exact) mass is 607 g/mol. The van der Waals surface area contributed by atoms with Crippen LogP contribution < -0.4 is 27.4 Å². The first-order valence-electron chi connectivity index (χ1n) is 13.4. The summed E-state index contributed by atoms with van der Waals surface area (Å²) in [4.78, 5) is 55.7. The maximum absolute atomic E-state index is 13.0. The van der Waals surface area contributed by atoms with E-state index in [4.69, 9.17) is 33.9 Å². The minimum atomic E-state index is -1.02. The lowest BCUT2D eigenvalue weighted by atomic mass is 10.1. The number of unbranched alkanes of at least 4 members (excludes halogenated alkanes) is 1. The van der Waals surface area contributed by atoms with Crippen molar-refractivity contribution in [3.05, 3.63) is 55.2 Å². The van der Waals surface area contributed by atoms with Gasteiger partial charge in [0.05, 0.1) is 6.54 Å². The smallest absolute Gasteiger partial charge is 0.273 e. The van der Waals surface area contributed by atoms with Gasteiger partial charge >= 0.3 is 0 Å². The number of amides is 3. The predicted molar refractivity (Wildman–Crippen MR) is 150 cm³/mol. The summed E-state index contributed by atoms with van der Waals surface area (Å²) in [6.45, 7) is 5.56. The highest BCUT2D eigenvalue weighted by Crippen LogP contribution is 2.27. The Morgan fingerprint density at radius 2 is 1.36 bits per heavy atom. The minimum absolute atomic E-state index is 0.0136. The van der Waals surface area contributed by atoms with Gasteiger partial charge < -0.3 is 49.8 Å². The van der Waals surface area contributed by atoms with E-state index in [1.807, 2.05) is 0 Å². The lowest BCUT2D eigenvalue weighted by molar-refractivity contribution is -0.129. The first kappa shape index (κ1) is 29.8. The van der Waals surface area contributed by atoms with Crippen LogP contribution in [0.15, 0.2) is 61.3 Å². The van der Waals surface area contributed by atoms with Gasteiger partial charge in [-0.1, -0.05) is 6.58 Å². The maximum Gasteiger partial charge on any atom is 0.273 e. The fraction of sp³-hybridized carbons (Fsp3) is 0.296. The van der Waals surface area contributed by atoms with Crippen molar-refractivity contribution in [3.8, 4) is 34.8 Å². The summed E-state index contributed by atoms with van der Waals surface area (Å²) < 4.78 is 27.2. The SMILES string of the molecule is C=C1CNC(=O)C(CCCCN)NC(=O)C(C)NC(=O)c2coc(n2)-c2coc(n2)-c2coc(n2)-c2coc(n2)/C(N)=C/O1. The molecule has 1 aliphatic rings. The zero-order valence-corrected chi connectivity index (χ0v) is 23.5. The summed E-state index contributed by atoms with van der Waals surface area (Å²) in [5.41, 5.74) is 12.2. The molecule has 0 saturated carbocycles. The molecule has 2 atom stereocenters. The summed E-state index contributed by atoms with van der Waals surface area (Å²) in [6, 6.07) is -1.94. The Morgan fingerprint density at radius 1 is 0.818 bits per heavy atom. The van der Waals surface area contributed by atoms with Gasteiger partial charge in [0.1, 0.15) is 54.9 Å². The van der Waals surface area contributed by atoms with Crippen LogP contribution in [0.3, 0.4) is 0 Å². The van der Waals surface area contributed by atoms with E-state index in [1.165, 1.54) is 25.7 Å². The second kappa shape index (κ2) is 13.1. The molecule has 17 heteroatoms. The number of aromatic nitrogens is 4. The Morgan fingerprint density at radius 3 is 1.98 bits per heavy atom. The third-order valence-corrected chi connectivity index (χ3v) is 6.29. The van der Waals surface area contributed by atoms with Gasteiger partial charge in [-0.25, -0.2) is 19.9 Å². The van der Waals surface area contributed by atoms with Crippen LogP contribution in [-0.4, -0.2) is 62.8 Å². The van der Waals surface area contributed by atoms with Gasteiger partial charge in [-0.3, -0.25) is 14.4 Å². The van der Waals surface area contributed by atoms with Crippen molar-refractivity contribution in [2.75, 3.05) is 13.1 Å². The van der Waals surface area contributed by atoms with E-state index in [0.717, 1.165) is 12.5 Å². The topological polar surface area (TPSA) is 253 Å². The molecule has 0 aliphatic carbocycles. The normalized spacial score (nSPS) is 19.5. The Balaban J connectivity index is 1.41. The number of carbonyl (C=O) groups is 3. The van der Waals surface area contributed by atoms with E-state index >= 15 is 0 Å². The van der Waals surface area contributed by atoms with Crippen LogP contribution >= 0.6 is 0 Å². The van der Waals surface area contributed by atoms with Crippen molar-refractivity contribution in [2.45, 2.75) is 38.3 Å². The van der Waals surface area contributed by atoms with E-state index in [0.29, 0.717) is 25.8 Å². The average Bonchev–Trinajstić information content (AvgIpc) is 3.83. The Labute approximate surface area is 249 Å². The third-order valence-electron chi connectivity index (χ3n) is 6.29. The standard InChI is InChI=1S/C27H29N9O8/c1-13-7-30-22(38)16(5-3-4-6-28)32-21(37)14(2)31-23(39)17-9-42-25(33-17)19-11-44-27(35-19)20-12-43-26(36-20)18-10-41-24(34-18)15(29)8-40-13/h8-12,14,16H,1,3-7,28-29H2,2H3,(H,30,38)(H,31,39)(H,32,37)/b15-8-. The first-order valence-corrected chi connectivity index (χ1v) is 13.4. The molecule has 2 unspecified atom stereocenters. The predicted octanol–water partition coefficient (Wildman–Crippen LogP) is 1.29. The van der Waals surface area contributed by atoms with Gasteiger partial charge in [-0.05, 0) is 32.7 Å². The lowest BCUT2D eigenvalue weighted by Crippen LogP contribution is -2.53. The number of carbonyl (C=O) groups excluding carboxylic acids is 3. The molecule has 44 heavy (non-hydrogen) atoms. The molecule has 0 saturated heterocycles. The van der Waals surface area contributed by atoms with Crippen LogP contribution in [0.2, 0.25) is 0 Å². The average molecular weight is 608 g/mol. The molecule has 3 amide bonds. The molecule has 4 aromatic rings. The van der Waals surface area contributed by atoms with Crippen molar-refractivity contribution in [3.63, 3.8) is 0 Å². The van der Waals surface area contributed by atoms with Gasteiger partial charge in [0.2, 0.25) is 35.4 Å².